The van der Waals surface area contributed by atoms with Crippen LogP contribution in [0.3, 0.4) is 0 Å². The van der Waals surface area contributed by atoms with E-state index < -0.39 is 0 Å². The summed E-state index contributed by atoms with van der Waals surface area (Å²) in [6.45, 7) is 13.2. The van der Waals surface area contributed by atoms with Crippen molar-refractivity contribution in [3.8, 4) is 0 Å². The molecule has 2 rings (SSSR count). The highest BCUT2D eigenvalue weighted by atomic mass is 14.5. The molecule has 0 aliphatic carbocycles. The first-order valence-electron chi connectivity index (χ1n) is 9.69. The van der Waals surface area contributed by atoms with Gasteiger partial charge in [-0.2, -0.15) is 0 Å². The largest absolute Gasteiger partial charge is 0.402 e. The highest BCUT2D eigenvalue weighted by Gasteiger charge is 2.27. The zero-order valence-electron chi connectivity index (χ0n) is 17.6. The van der Waals surface area contributed by atoms with Crippen LogP contribution in [0.5, 0.6) is 0 Å². The lowest BCUT2D eigenvalue weighted by molar-refractivity contribution is 0.597. The van der Waals surface area contributed by atoms with Crippen LogP contribution < -0.4 is 11.5 Å². The summed E-state index contributed by atoms with van der Waals surface area (Å²) in [5.41, 5.74) is 18.4. The van der Waals surface area contributed by atoms with Crippen molar-refractivity contribution in [2.45, 2.75) is 58.8 Å². The number of nitrogens with two attached hydrogens (primary N) is 2. The molecule has 0 aliphatic heterocycles. The summed E-state index contributed by atoms with van der Waals surface area (Å²) in [5, 5.41) is 0. The van der Waals surface area contributed by atoms with Crippen molar-refractivity contribution >= 4 is 5.69 Å². The fraction of sp³-hybridized carbons (Fsp3) is 0.360. The third-order valence-electron chi connectivity index (χ3n) is 5.69. The average molecular weight is 363 g/mol. The van der Waals surface area contributed by atoms with Gasteiger partial charge >= 0.3 is 0 Å². The molecule has 0 aromatic heterocycles. The van der Waals surface area contributed by atoms with Gasteiger partial charge in [-0.15, -0.1) is 0 Å². The summed E-state index contributed by atoms with van der Waals surface area (Å²) in [6, 6.07) is 17.2. The van der Waals surface area contributed by atoms with E-state index in [2.05, 4.69) is 77.1 Å². The summed E-state index contributed by atoms with van der Waals surface area (Å²) in [5.74, 6) is 0. The Morgan fingerprint density at radius 3 is 1.70 bits per heavy atom. The minimum atomic E-state index is -0.0702. The van der Waals surface area contributed by atoms with E-state index in [9.17, 15) is 0 Å². The van der Waals surface area contributed by atoms with Gasteiger partial charge in [0.2, 0.25) is 0 Å². The molecule has 0 saturated carbocycles. The van der Waals surface area contributed by atoms with Gasteiger partial charge in [0.15, 0.2) is 0 Å². The van der Waals surface area contributed by atoms with Gasteiger partial charge in [-0.3, -0.25) is 0 Å². The number of nitrogen functional groups attached to an aromatic ring is 1. The van der Waals surface area contributed by atoms with Crippen LogP contribution >= 0.6 is 0 Å². The Labute approximate surface area is 165 Å². The standard InChI is InChI=1S/C25H34N2/c1-7-19(9-8-18(2)26)24(3,4)20-10-12-21(13-11-20)25(5,6)22-14-16-23(27)17-15-22/h8-17H,7,26-27H2,1-6H3/b18-8+,19-9+. The number of rotatable bonds is 6. The van der Waals surface area contributed by atoms with Crippen molar-refractivity contribution in [1.82, 2.24) is 0 Å². The normalized spacial score (nSPS) is 13.7. The topological polar surface area (TPSA) is 52.0 Å². The molecule has 0 spiro atoms. The molecule has 0 aliphatic rings. The molecule has 2 heteroatoms. The van der Waals surface area contributed by atoms with E-state index >= 15 is 0 Å². The molecule has 0 heterocycles. The van der Waals surface area contributed by atoms with Crippen LogP contribution in [0.15, 0.2) is 72.0 Å². The lowest BCUT2D eigenvalue weighted by Gasteiger charge is -2.31. The Morgan fingerprint density at radius 1 is 0.815 bits per heavy atom. The fourth-order valence-corrected chi connectivity index (χ4v) is 3.56. The predicted molar refractivity (Wildman–Crippen MR) is 119 cm³/mol. The number of anilines is 1. The van der Waals surface area contributed by atoms with Gasteiger partial charge in [0.1, 0.15) is 0 Å². The smallest absolute Gasteiger partial charge is 0.0314 e. The minimum Gasteiger partial charge on any atom is -0.402 e. The van der Waals surface area contributed by atoms with Crippen LogP contribution in [-0.4, -0.2) is 0 Å². The Hall–Kier alpha value is -2.48. The maximum absolute atomic E-state index is 5.84. The van der Waals surface area contributed by atoms with E-state index in [1.165, 1.54) is 22.3 Å². The molecular formula is C25H34N2. The molecule has 0 saturated heterocycles. The summed E-state index contributed by atoms with van der Waals surface area (Å²) < 4.78 is 0. The molecule has 0 bridgehead atoms. The quantitative estimate of drug-likeness (QED) is 0.484. The first kappa shape index (κ1) is 20.8. The number of hydrogen-bond donors (Lipinski definition) is 2. The Balaban J connectivity index is 2.36. The molecule has 2 aromatic carbocycles. The Bertz CT molecular complexity index is 816. The molecule has 4 N–H and O–H groups in total. The first-order chi connectivity index (χ1) is 12.6. The van der Waals surface area contributed by atoms with Crippen molar-refractivity contribution in [3.63, 3.8) is 0 Å². The highest BCUT2D eigenvalue weighted by molar-refractivity contribution is 5.46. The molecule has 0 radical (unpaired) electrons. The summed E-state index contributed by atoms with van der Waals surface area (Å²) in [6.07, 6.45) is 5.16. The number of allylic oxidation sites excluding steroid dienone is 4. The van der Waals surface area contributed by atoms with Gasteiger partial charge in [-0.1, -0.05) is 82.7 Å². The minimum absolute atomic E-state index is 0.0371. The third kappa shape index (κ3) is 4.63. The van der Waals surface area contributed by atoms with Crippen molar-refractivity contribution in [3.05, 3.63) is 88.6 Å². The van der Waals surface area contributed by atoms with E-state index in [0.29, 0.717) is 0 Å². The molecule has 27 heavy (non-hydrogen) atoms. The molecule has 0 amide bonds. The summed E-state index contributed by atoms with van der Waals surface area (Å²) in [4.78, 5) is 0. The Kier molecular flexibility index (Phi) is 6.20. The molecule has 0 fully saturated rings. The zero-order chi connectivity index (χ0) is 20.2. The second kappa shape index (κ2) is 8.04. The number of benzene rings is 2. The van der Waals surface area contributed by atoms with Crippen molar-refractivity contribution in [2.75, 3.05) is 5.73 Å². The molecule has 2 nitrogen and oxygen atoms in total. The van der Waals surface area contributed by atoms with Crippen LogP contribution in [0.2, 0.25) is 0 Å². The van der Waals surface area contributed by atoms with Crippen LogP contribution in [0.25, 0.3) is 0 Å². The van der Waals surface area contributed by atoms with Crippen molar-refractivity contribution < 1.29 is 0 Å². The SMILES string of the molecule is CC/C(=C\C=C(/C)N)C(C)(C)c1ccc(C(C)(C)c2ccc(N)cc2)cc1. The van der Waals surface area contributed by atoms with E-state index in [1.807, 2.05) is 25.1 Å². The molecular weight excluding hydrogens is 328 g/mol. The van der Waals surface area contributed by atoms with E-state index in [-0.39, 0.29) is 10.8 Å². The van der Waals surface area contributed by atoms with Gasteiger partial charge in [-0.05, 0) is 48.2 Å². The summed E-state index contributed by atoms with van der Waals surface area (Å²) in [7, 11) is 0. The maximum Gasteiger partial charge on any atom is 0.0314 e. The van der Waals surface area contributed by atoms with Crippen molar-refractivity contribution in [2.24, 2.45) is 5.73 Å². The van der Waals surface area contributed by atoms with Gasteiger partial charge in [-0.25, -0.2) is 0 Å². The lowest BCUT2D eigenvalue weighted by atomic mass is 9.73. The molecule has 144 valence electrons. The third-order valence-corrected chi connectivity index (χ3v) is 5.69. The Morgan fingerprint density at radius 2 is 1.26 bits per heavy atom. The van der Waals surface area contributed by atoms with Crippen LogP contribution in [0.4, 0.5) is 5.69 Å². The van der Waals surface area contributed by atoms with Crippen LogP contribution in [0, 0.1) is 0 Å². The predicted octanol–water partition coefficient (Wildman–Crippen LogP) is 6.07. The van der Waals surface area contributed by atoms with Gasteiger partial charge in [0.25, 0.3) is 0 Å². The van der Waals surface area contributed by atoms with E-state index in [0.717, 1.165) is 17.8 Å². The molecule has 0 unspecified atom stereocenters. The van der Waals surface area contributed by atoms with Gasteiger partial charge in [0.05, 0.1) is 0 Å². The second-order valence-corrected chi connectivity index (χ2v) is 8.41. The van der Waals surface area contributed by atoms with E-state index in [1.54, 1.807) is 0 Å². The highest BCUT2D eigenvalue weighted by Crippen LogP contribution is 2.36. The van der Waals surface area contributed by atoms with Gasteiger partial charge in [0, 0.05) is 22.2 Å². The summed E-state index contributed by atoms with van der Waals surface area (Å²) >= 11 is 0. The molecule has 2 aromatic rings. The zero-order valence-corrected chi connectivity index (χ0v) is 17.6. The average Bonchev–Trinajstić information content (AvgIpc) is 2.62. The van der Waals surface area contributed by atoms with Crippen LogP contribution in [-0.2, 0) is 10.8 Å². The maximum atomic E-state index is 5.84. The second-order valence-electron chi connectivity index (χ2n) is 8.41. The number of hydrogen-bond acceptors (Lipinski definition) is 2. The van der Waals surface area contributed by atoms with Gasteiger partial charge < -0.3 is 11.5 Å². The molecule has 0 atom stereocenters. The fourth-order valence-electron chi connectivity index (χ4n) is 3.56. The van der Waals surface area contributed by atoms with E-state index in [4.69, 9.17) is 11.5 Å². The van der Waals surface area contributed by atoms with Crippen LogP contribution in [0.1, 0.15) is 64.7 Å². The first-order valence-corrected chi connectivity index (χ1v) is 9.69. The lowest BCUT2D eigenvalue weighted by Crippen LogP contribution is -2.22. The van der Waals surface area contributed by atoms with Crippen molar-refractivity contribution in [1.29, 1.82) is 0 Å². The monoisotopic (exact) mass is 362 g/mol.